The van der Waals surface area contributed by atoms with Gasteiger partial charge in [0.25, 0.3) is 5.91 Å². The summed E-state index contributed by atoms with van der Waals surface area (Å²) in [6.07, 6.45) is 0. The molecule has 0 heterocycles. The van der Waals surface area contributed by atoms with Crippen LogP contribution in [0.3, 0.4) is 0 Å². The van der Waals surface area contributed by atoms with E-state index in [1.165, 1.54) is 6.92 Å². The third-order valence-electron chi connectivity index (χ3n) is 5.55. The fraction of sp³-hybridized carbons (Fsp3) is 0.250. The Labute approximate surface area is 184 Å². The van der Waals surface area contributed by atoms with E-state index in [2.05, 4.69) is 14.8 Å². The maximum absolute atomic E-state index is 13.4. The number of carbonyl (C=O) groups is 4. The Morgan fingerprint density at radius 1 is 0.844 bits per heavy atom. The molecule has 2 amide bonds. The quantitative estimate of drug-likeness (QED) is 0.332. The van der Waals surface area contributed by atoms with Crippen LogP contribution >= 0.6 is 0 Å². The van der Waals surface area contributed by atoms with Crippen molar-refractivity contribution < 1.29 is 28.7 Å². The Morgan fingerprint density at radius 2 is 1.31 bits per heavy atom. The van der Waals surface area contributed by atoms with Crippen LogP contribution in [-0.4, -0.2) is 44.0 Å². The molecule has 32 heavy (non-hydrogen) atoms. The summed E-state index contributed by atoms with van der Waals surface area (Å²) in [6, 6.07) is 15.4. The maximum Gasteiger partial charge on any atom is 0.320 e. The summed E-state index contributed by atoms with van der Waals surface area (Å²) in [5.41, 5.74) is 5.92. The van der Waals surface area contributed by atoms with Crippen LogP contribution in [0.15, 0.2) is 54.6 Å². The number of fused-ring (bicyclic) bond motifs is 2. The number of carbonyl (C=O) groups excluding carboxylic acids is 4. The lowest BCUT2D eigenvalue weighted by Gasteiger charge is -2.27. The van der Waals surface area contributed by atoms with Gasteiger partial charge in [-0.05, 0) is 27.6 Å². The van der Waals surface area contributed by atoms with E-state index in [9.17, 15) is 19.2 Å². The fourth-order valence-electron chi connectivity index (χ4n) is 3.91. The number of nitrogens with one attached hydrogen (secondary N) is 1. The summed E-state index contributed by atoms with van der Waals surface area (Å²) in [5, 5.41) is 5.71. The number of benzene rings is 3. The Hall–Kier alpha value is -3.94. The van der Waals surface area contributed by atoms with E-state index in [1.54, 1.807) is 0 Å². The van der Waals surface area contributed by atoms with E-state index < -0.39 is 41.6 Å². The molecule has 3 rings (SSSR count). The zero-order valence-corrected chi connectivity index (χ0v) is 18.0. The van der Waals surface area contributed by atoms with Gasteiger partial charge in [-0.1, -0.05) is 55.5 Å². The Kier molecular flexibility index (Phi) is 6.73. The van der Waals surface area contributed by atoms with Gasteiger partial charge in [0, 0.05) is 5.92 Å². The molecule has 0 saturated carbocycles. The molecule has 0 spiro atoms. The number of ether oxygens (including phenoxy) is 2. The zero-order valence-electron chi connectivity index (χ0n) is 18.0. The molecule has 2 atom stereocenters. The molecule has 8 nitrogen and oxygen atoms in total. The minimum Gasteiger partial charge on any atom is -0.468 e. The van der Waals surface area contributed by atoms with Gasteiger partial charge in [0.05, 0.1) is 19.8 Å². The second kappa shape index (κ2) is 9.47. The molecule has 3 aromatic rings. The molecule has 0 bridgehead atoms. The molecule has 0 aliphatic carbocycles. The predicted molar refractivity (Wildman–Crippen MR) is 119 cm³/mol. The molecular formula is C24H24N2O6. The smallest absolute Gasteiger partial charge is 0.320 e. The number of methoxy groups -OCH3 is 2. The Bertz CT molecular complexity index is 1140. The van der Waals surface area contributed by atoms with Crippen LogP contribution in [0.5, 0.6) is 0 Å². The summed E-state index contributed by atoms with van der Waals surface area (Å²) in [4.78, 5) is 50.1. The van der Waals surface area contributed by atoms with Crippen molar-refractivity contribution in [3.63, 3.8) is 0 Å². The summed E-state index contributed by atoms with van der Waals surface area (Å²) in [7, 11) is 2.23. The minimum absolute atomic E-state index is 0.366. The summed E-state index contributed by atoms with van der Waals surface area (Å²) < 4.78 is 9.37. The monoisotopic (exact) mass is 436 g/mol. The van der Waals surface area contributed by atoms with Gasteiger partial charge >= 0.3 is 11.9 Å². The van der Waals surface area contributed by atoms with Crippen molar-refractivity contribution in [2.45, 2.75) is 13.0 Å². The lowest BCUT2D eigenvalue weighted by Crippen LogP contribution is -2.52. The fourth-order valence-corrected chi connectivity index (χ4v) is 3.91. The molecule has 8 heteroatoms. The van der Waals surface area contributed by atoms with Crippen LogP contribution in [0.2, 0.25) is 0 Å². The van der Waals surface area contributed by atoms with Crippen molar-refractivity contribution >= 4 is 45.3 Å². The first-order valence-electron chi connectivity index (χ1n) is 9.96. The molecule has 0 radical (unpaired) electrons. The largest absolute Gasteiger partial charge is 0.468 e. The topological polar surface area (TPSA) is 125 Å². The van der Waals surface area contributed by atoms with Crippen molar-refractivity contribution in [1.82, 2.24) is 5.32 Å². The number of nitrogens with two attached hydrogens (primary N) is 1. The molecular weight excluding hydrogens is 412 g/mol. The van der Waals surface area contributed by atoms with E-state index in [-0.39, 0.29) is 0 Å². The third-order valence-corrected chi connectivity index (χ3v) is 5.55. The van der Waals surface area contributed by atoms with E-state index in [4.69, 9.17) is 5.73 Å². The zero-order chi connectivity index (χ0) is 23.4. The van der Waals surface area contributed by atoms with Crippen molar-refractivity contribution in [2.75, 3.05) is 14.2 Å². The lowest BCUT2D eigenvalue weighted by molar-refractivity contribution is -0.161. The first-order chi connectivity index (χ1) is 15.3. The van der Waals surface area contributed by atoms with Crippen molar-refractivity contribution in [3.05, 3.63) is 60.2 Å². The van der Waals surface area contributed by atoms with Crippen LogP contribution in [0, 0.1) is 11.8 Å². The summed E-state index contributed by atoms with van der Waals surface area (Å²) in [5.74, 6) is -5.68. The number of esters is 2. The molecule has 3 N–H and O–H groups in total. The standard InChI is InChI=1S/C24H24N2O6/c1-13(18(23(29)31-2)24(30)32-3)20(21(25)27)26-22(28)19-16-10-6-4-8-14(16)12-15-9-5-7-11-17(15)19/h4-13,18,20H,1-3H3,(H2,25,27)(H,26,28)/t13-,20-/m0/s1. The van der Waals surface area contributed by atoms with Crippen LogP contribution < -0.4 is 11.1 Å². The highest BCUT2D eigenvalue weighted by atomic mass is 16.5. The van der Waals surface area contributed by atoms with Gasteiger partial charge in [-0.25, -0.2) is 0 Å². The van der Waals surface area contributed by atoms with Gasteiger partial charge in [-0.2, -0.15) is 0 Å². The van der Waals surface area contributed by atoms with Crippen LogP contribution in [-0.2, 0) is 23.9 Å². The number of amides is 2. The van der Waals surface area contributed by atoms with Gasteiger partial charge in [-0.15, -0.1) is 0 Å². The summed E-state index contributed by atoms with van der Waals surface area (Å²) >= 11 is 0. The molecule has 0 unspecified atom stereocenters. The van der Waals surface area contributed by atoms with E-state index in [1.807, 2.05) is 54.6 Å². The molecule has 0 aliphatic rings. The van der Waals surface area contributed by atoms with Crippen molar-refractivity contribution in [1.29, 1.82) is 0 Å². The van der Waals surface area contributed by atoms with Gasteiger partial charge in [-0.3, -0.25) is 19.2 Å². The highest BCUT2D eigenvalue weighted by molar-refractivity contribution is 6.18. The van der Waals surface area contributed by atoms with Crippen LogP contribution in [0.25, 0.3) is 21.5 Å². The Morgan fingerprint density at radius 3 is 1.75 bits per heavy atom. The van der Waals surface area contributed by atoms with Crippen LogP contribution in [0.1, 0.15) is 17.3 Å². The molecule has 0 aromatic heterocycles. The van der Waals surface area contributed by atoms with Crippen LogP contribution in [0.4, 0.5) is 0 Å². The number of primary amides is 1. The SMILES string of the molecule is COC(=O)C(C(=O)OC)[C@H](C)[C@H](NC(=O)c1c2ccccc2cc2ccccc12)C(N)=O. The van der Waals surface area contributed by atoms with Crippen molar-refractivity contribution in [3.8, 4) is 0 Å². The van der Waals surface area contributed by atoms with Gasteiger partial charge in [0.1, 0.15) is 6.04 Å². The second-order valence-electron chi connectivity index (χ2n) is 7.43. The lowest BCUT2D eigenvalue weighted by atomic mass is 9.86. The first kappa shape index (κ1) is 22.7. The number of rotatable bonds is 7. The van der Waals surface area contributed by atoms with Gasteiger partial charge in [0.2, 0.25) is 5.91 Å². The molecule has 0 aliphatic heterocycles. The average molecular weight is 436 g/mol. The molecule has 0 fully saturated rings. The van der Waals surface area contributed by atoms with E-state index in [0.29, 0.717) is 16.3 Å². The number of hydrogen-bond donors (Lipinski definition) is 2. The van der Waals surface area contributed by atoms with E-state index in [0.717, 1.165) is 25.0 Å². The van der Waals surface area contributed by atoms with Gasteiger partial charge < -0.3 is 20.5 Å². The average Bonchev–Trinajstić information content (AvgIpc) is 2.80. The van der Waals surface area contributed by atoms with Gasteiger partial charge in [0.15, 0.2) is 5.92 Å². The second-order valence-corrected chi connectivity index (χ2v) is 7.43. The highest BCUT2D eigenvalue weighted by Gasteiger charge is 2.41. The predicted octanol–water partition coefficient (Wildman–Crippen LogP) is 2.17. The molecule has 3 aromatic carbocycles. The Balaban J connectivity index is 2.06. The minimum atomic E-state index is -1.44. The highest BCUT2D eigenvalue weighted by Crippen LogP contribution is 2.29. The third kappa shape index (κ3) is 4.25. The number of hydrogen-bond acceptors (Lipinski definition) is 6. The summed E-state index contributed by atoms with van der Waals surface area (Å²) in [6.45, 7) is 1.45. The van der Waals surface area contributed by atoms with Crippen molar-refractivity contribution in [2.24, 2.45) is 17.6 Å². The molecule has 166 valence electrons. The molecule has 0 saturated heterocycles. The first-order valence-corrected chi connectivity index (χ1v) is 9.96. The normalized spacial score (nSPS) is 12.9. The van der Waals surface area contributed by atoms with E-state index >= 15 is 0 Å². The maximum atomic E-state index is 13.4.